The molecular formula is C20H13Cl3N6. The number of nitrogens with zero attached hydrogens (tertiary/aromatic N) is 4. The Balaban J connectivity index is 0.000000200. The second-order valence-electron chi connectivity index (χ2n) is 5.54. The van der Waals surface area contributed by atoms with Crippen LogP contribution in [0.25, 0.3) is 22.5 Å². The summed E-state index contributed by atoms with van der Waals surface area (Å²) in [7, 11) is 0. The molecule has 9 heteroatoms. The van der Waals surface area contributed by atoms with Crippen molar-refractivity contribution in [1.29, 1.82) is 10.5 Å². The standard InChI is InChI=1S/2C10H6ClN3.ClH/c2*11-9-5-7(1-2-8(9)6-12)10-3-4-13-14-10;/h2*1-5H,(H,13,14);1H. The first kappa shape index (κ1) is 22.0. The molecule has 4 aromatic rings. The summed E-state index contributed by atoms with van der Waals surface area (Å²) in [6.45, 7) is 0. The van der Waals surface area contributed by atoms with Crippen LogP contribution in [0.1, 0.15) is 11.1 Å². The molecule has 0 saturated carbocycles. The summed E-state index contributed by atoms with van der Waals surface area (Å²) in [5, 5.41) is 31.7. The molecule has 0 fully saturated rings. The highest BCUT2D eigenvalue weighted by atomic mass is 35.5. The fourth-order valence-electron chi connectivity index (χ4n) is 2.38. The molecule has 2 aromatic carbocycles. The van der Waals surface area contributed by atoms with Crippen LogP contribution >= 0.6 is 35.6 Å². The molecule has 6 nitrogen and oxygen atoms in total. The Morgan fingerprint density at radius 3 is 1.93 bits per heavy atom. The fourth-order valence-corrected chi connectivity index (χ4v) is 2.82. The van der Waals surface area contributed by atoms with Gasteiger partial charge >= 0.3 is 0 Å². The lowest BCUT2D eigenvalue weighted by molar-refractivity contribution is 1.10. The molecule has 144 valence electrons. The maximum Gasteiger partial charge on any atom is 0.101 e. The molecule has 0 spiro atoms. The molecule has 2 heterocycles. The highest BCUT2D eigenvalue weighted by Crippen LogP contribution is 2.24. The summed E-state index contributed by atoms with van der Waals surface area (Å²) >= 11 is 11.8. The van der Waals surface area contributed by atoms with Gasteiger partial charge in [0.05, 0.1) is 32.6 Å². The number of nitrogens with one attached hydrogen (secondary N) is 2. The zero-order chi connectivity index (χ0) is 19.9. The lowest BCUT2D eigenvalue weighted by Crippen LogP contribution is -1.81. The lowest BCUT2D eigenvalue weighted by atomic mass is 10.1. The van der Waals surface area contributed by atoms with Crippen molar-refractivity contribution in [2.45, 2.75) is 0 Å². The third-order valence-electron chi connectivity index (χ3n) is 3.79. The Labute approximate surface area is 183 Å². The second-order valence-corrected chi connectivity index (χ2v) is 6.36. The van der Waals surface area contributed by atoms with Crippen molar-refractivity contribution >= 4 is 35.6 Å². The third kappa shape index (κ3) is 5.37. The minimum Gasteiger partial charge on any atom is -0.285 e. The number of benzene rings is 2. The average Bonchev–Trinajstić information content (AvgIpc) is 3.42. The number of aromatic nitrogens is 4. The van der Waals surface area contributed by atoms with E-state index >= 15 is 0 Å². The molecule has 0 aliphatic rings. The third-order valence-corrected chi connectivity index (χ3v) is 4.41. The molecule has 2 N–H and O–H groups in total. The van der Waals surface area contributed by atoms with E-state index < -0.39 is 0 Å². The van der Waals surface area contributed by atoms with Gasteiger partial charge in [0.15, 0.2) is 0 Å². The van der Waals surface area contributed by atoms with Crippen LogP contribution in [0, 0.1) is 22.7 Å². The van der Waals surface area contributed by atoms with Crippen LogP contribution in [0.15, 0.2) is 60.9 Å². The number of nitriles is 2. The molecule has 0 aliphatic carbocycles. The molecule has 0 saturated heterocycles. The van der Waals surface area contributed by atoms with Crippen molar-refractivity contribution in [3.63, 3.8) is 0 Å². The highest BCUT2D eigenvalue weighted by Gasteiger charge is 2.04. The molecule has 0 atom stereocenters. The number of aromatic amines is 2. The summed E-state index contributed by atoms with van der Waals surface area (Å²) < 4.78 is 0. The van der Waals surface area contributed by atoms with Crippen LogP contribution in [0.3, 0.4) is 0 Å². The second kappa shape index (κ2) is 10.3. The Bertz CT molecular complexity index is 1060. The minimum absolute atomic E-state index is 0. The van der Waals surface area contributed by atoms with E-state index in [0.717, 1.165) is 22.5 Å². The van der Waals surface area contributed by atoms with Gasteiger partial charge in [0.2, 0.25) is 0 Å². The van der Waals surface area contributed by atoms with Gasteiger partial charge in [-0.05, 0) is 36.4 Å². The van der Waals surface area contributed by atoms with Gasteiger partial charge in [0.1, 0.15) is 12.1 Å². The van der Waals surface area contributed by atoms with E-state index in [1.165, 1.54) is 0 Å². The van der Waals surface area contributed by atoms with Gasteiger partial charge in [0, 0.05) is 23.5 Å². The van der Waals surface area contributed by atoms with E-state index in [2.05, 4.69) is 20.4 Å². The normalized spacial score (nSPS) is 9.38. The Morgan fingerprint density at radius 2 is 1.45 bits per heavy atom. The van der Waals surface area contributed by atoms with Gasteiger partial charge in [-0.3, -0.25) is 10.2 Å². The largest absolute Gasteiger partial charge is 0.285 e. The van der Waals surface area contributed by atoms with E-state index in [9.17, 15) is 0 Å². The summed E-state index contributed by atoms with van der Waals surface area (Å²) in [6.07, 6.45) is 3.41. The first-order valence-corrected chi connectivity index (χ1v) is 8.77. The van der Waals surface area contributed by atoms with Crippen molar-refractivity contribution in [3.05, 3.63) is 82.1 Å². The summed E-state index contributed by atoms with van der Waals surface area (Å²) in [6, 6.07) is 18.2. The molecule has 0 amide bonds. The molecule has 0 radical (unpaired) electrons. The van der Waals surface area contributed by atoms with Crippen LogP contribution < -0.4 is 0 Å². The van der Waals surface area contributed by atoms with E-state index in [1.54, 1.807) is 36.7 Å². The summed E-state index contributed by atoms with van der Waals surface area (Å²) in [5.74, 6) is 0. The molecule has 0 bridgehead atoms. The van der Waals surface area contributed by atoms with Crippen LogP contribution in [0.4, 0.5) is 0 Å². The monoisotopic (exact) mass is 442 g/mol. The van der Waals surface area contributed by atoms with Gasteiger partial charge in [-0.25, -0.2) is 0 Å². The van der Waals surface area contributed by atoms with Crippen molar-refractivity contribution in [3.8, 4) is 34.7 Å². The topological polar surface area (TPSA) is 105 Å². The van der Waals surface area contributed by atoms with Gasteiger partial charge in [-0.1, -0.05) is 35.3 Å². The fraction of sp³-hybridized carbons (Fsp3) is 0. The zero-order valence-electron chi connectivity index (χ0n) is 14.7. The number of halogens is 3. The summed E-state index contributed by atoms with van der Waals surface area (Å²) in [5.41, 5.74) is 4.48. The smallest absolute Gasteiger partial charge is 0.101 e. The van der Waals surface area contributed by atoms with Crippen molar-refractivity contribution in [1.82, 2.24) is 20.4 Å². The van der Waals surface area contributed by atoms with Crippen LogP contribution in [-0.4, -0.2) is 20.4 Å². The zero-order valence-corrected chi connectivity index (χ0v) is 17.1. The highest BCUT2D eigenvalue weighted by molar-refractivity contribution is 6.32. The molecule has 0 aliphatic heterocycles. The molecule has 4 rings (SSSR count). The minimum atomic E-state index is 0. The van der Waals surface area contributed by atoms with E-state index in [4.69, 9.17) is 33.7 Å². The Kier molecular flexibility index (Phi) is 7.82. The molecular weight excluding hydrogens is 431 g/mol. The quantitative estimate of drug-likeness (QED) is 0.419. The average molecular weight is 444 g/mol. The SMILES string of the molecule is Cl.N#Cc1ccc(-c2cc[nH]n2)cc1Cl.N#Cc1ccc(-c2ccn[nH]2)cc1Cl. The van der Waals surface area contributed by atoms with Crippen molar-refractivity contribution in [2.24, 2.45) is 0 Å². The van der Waals surface area contributed by atoms with Crippen LogP contribution in [-0.2, 0) is 0 Å². The first-order chi connectivity index (χ1) is 13.6. The van der Waals surface area contributed by atoms with Gasteiger partial charge < -0.3 is 0 Å². The molecule has 29 heavy (non-hydrogen) atoms. The predicted octanol–water partition coefficient (Wildman–Crippen LogP) is 5.63. The van der Waals surface area contributed by atoms with E-state index in [0.29, 0.717) is 21.2 Å². The van der Waals surface area contributed by atoms with Crippen LogP contribution in [0.5, 0.6) is 0 Å². The number of H-pyrrole nitrogens is 2. The van der Waals surface area contributed by atoms with E-state index in [-0.39, 0.29) is 12.4 Å². The number of hydrogen-bond donors (Lipinski definition) is 2. The number of hydrogen-bond acceptors (Lipinski definition) is 4. The van der Waals surface area contributed by atoms with Crippen molar-refractivity contribution in [2.75, 3.05) is 0 Å². The Morgan fingerprint density at radius 1 is 0.828 bits per heavy atom. The van der Waals surface area contributed by atoms with Gasteiger partial charge in [0.25, 0.3) is 0 Å². The van der Waals surface area contributed by atoms with E-state index in [1.807, 2.05) is 36.4 Å². The molecule has 0 unspecified atom stereocenters. The van der Waals surface area contributed by atoms with Gasteiger partial charge in [-0.15, -0.1) is 12.4 Å². The van der Waals surface area contributed by atoms with Crippen molar-refractivity contribution < 1.29 is 0 Å². The van der Waals surface area contributed by atoms with Gasteiger partial charge in [-0.2, -0.15) is 20.7 Å². The molecule has 2 aromatic heterocycles. The predicted molar refractivity (Wildman–Crippen MR) is 115 cm³/mol. The summed E-state index contributed by atoms with van der Waals surface area (Å²) in [4.78, 5) is 0. The number of rotatable bonds is 2. The lowest BCUT2D eigenvalue weighted by Gasteiger charge is -1.99. The maximum absolute atomic E-state index is 8.69. The maximum atomic E-state index is 8.69. The first-order valence-electron chi connectivity index (χ1n) is 8.01. The Hall–Kier alpha value is -3.29. The van der Waals surface area contributed by atoms with Crippen LogP contribution in [0.2, 0.25) is 10.0 Å².